The van der Waals surface area contributed by atoms with Crippen LogP contribution in [0.4, 0.5) is 0 Å². The van der Waals surface area contributed by atoms with Crippen LogP contribution in [0.25, 0.3) is 0 Å². The molecule has 8 heteroatoms. The molecule has 0 aliphatic carbocycles. The number of halogens is 1. The van der Waals surface area contributed by atoms with Gasteiger partial charge in [0.15, 0.2) is 0 Å². The first-order valence-corrected chi connectivity index (χ1v) is 6.24. The van der Waals surface area contributed by atoms with E-state index in [-0.39, 0.29) is 37.2 Å². The van der Waals surface area contributed by atoms with Gasteiger partial charge < -0.3 is 20.1 Å². The van der Waals surface area contributed by atoms with Gasteiger partial charge in [-0.1, -0.05) is 0 Å². The van der Waals surface area contributed by atoms with Crippen LogP contribution in [0, 0.1) is 0 Å². The summed E-state index contributed by atoms with van der Waals surface area (Å²) < 4.78 is 9.03. The molecule has 1 rings (SSSR count). The monoisotopic (exact) mass is 308 g/mol. The van der Waals surface area contributed by atoms with Gasteiger partial charge >= 0.3 is 11.9 Å². The molecule has 2 atom stereocenters. The third kappa shape index (κ3) is 6.21. The molecule has 116 valence electrons. The first kappa shape index (κ1) is 18.7. The molecule has 0 aromatic carbocycles. The van der Waals surface area contributed by atoms with Crippen molar-refractivity contribution in [3.63, 3.8) is 0 Å². The van der Waals surface area contributed by atoms with E-state index >= 15 is 0 Å². The lowest BCUT2D eigenvalue weighted by atomic mass is 10.1. The Bertz CT molecular complexity index is 345. The molecule has 20 heavy (non-hydrogen) atoms. The molecule has 1 aliphatic rings. The molecule has 1 heterocycles. The number of carbonyl (C=O) groups excluding carboxylic acids is 3. The van der Waals surface area contributed by atoms with Gasteiger partial charge in [0.2, 0.25) is 5.91 Å². The fourth-order valence-electron chi connectivity index (χ4n) is 1.99. The average molecular weight is 309 g/mol. The lowest BCUT2D eigenvalue weighted by Crippen LogP contribution is -2.44. The molecule has 1 aliphatic heterocycles. The van der Waals surface area contributed by atoms with Crippen molar-refractivity contribution < 1.29 is 23.9 Å². The van der Waals surface area contributed by atoms with E-state index in [1.807, 2.05) is 0 Å². The van der Waals surface area contributed by atoms with Crippen molar-refractivity contribution >= 4 is 30.3 Å². The van der Waals surface area contributed by atoms with Crippen LogP contribution in [0.3, 0.4) is 0 Å². The Morgan fingerprint density at radius 1 is 1.30 bits per heavy atom. The molecule has 2 unspecified atom stereocenters. The Morgan fingerprint density at radius 3 is 2.50 bits per heavy atom. The minimum Gasteiger partial charge on any atom is -0.469 e. The third-order valence-electron chi connectivity index (χ3n) is 3.01. The van der Waals surface area contributed by atoms with Crippen molar-refractivity contribution in [1.29, 1.82) is 0 Å². The lowest BCUT2D eigenvalue weighted by molar-refractivity contribution is -0.150. The number of carbonyl (C=O) groups is 3. The lowest BCUT2D eigenvalue weighted by Gasteiger charge is -2.17. The molecule has 2 N–H and O–H groups in total. The second-order valence-corrected chi connectivity index (χ2v) is 4.42. The second-order valence-electron chi connectivity index (χ2n) is 4.42. The van der Waals surface area contributed by atoms with Crippen LogP contribution in [0.1, 0.15) is 25.7 Å². The highest BCUT2D eigenvalue weighted by Gasteiger charge is 2.26. The Morgan fingerprint density at radius 2 is 2.00 bits per heavy atom. The van der Waals surface area contributed by atoms with Crippen LogP contribution in [0.5, 0.6) is 0 Å². The first-order valence-electron chi connectivity index (χ1n) is 6.24. The summed E-state index contributed by atoms with van der Waals surface area (Å²) >= 11 is 0. The molecule has 1 amide bonds. The van der Waals surface area contributed by atoms with Gasteiger partial charge in [0, 0.05) is 12.5 Å². The number of hydrogen-bond donors (Lipinski definition) is 2. The van der Waals surface area contributed by atoms with Crippen molar-refractivity contribution in [2.45, 2.75) is 37.8 Å². The highest BCUT2D eigenvalue weighted by Crippen LogP contribution is 2.09. The van der Waals surface area contributed by atoms with E-state index in [0.717, 1.165) is 19.4 Å². The largest absolute Gasteiger partial charge is 0.469 e. The molecule has 7 nitrogen and oxygen atoms in total. The fraction of sp³-hybridized carbons (Fsp3) is 0.750. The zero-order chi connectivity index (χ0) is 14.3. The van der Waals surface area contributed by atoms with E-state index in [9.17, 15) is 14.4 Å². The van der Waals surface area contributed by atoms with Crippen LogP contribution < -0.4 is 10.6 Å². The Kier molecular flexibility index (Phi) is 8.91. The van der Waals surface area contributed by atoms with Gasteiger partial charge in [-0.15, -0.1) is 12.4 Å². The number of nitrogens with one attached hydrogen (secondary N) is 2. The predicted octanol–water partition coefficient (Wildman–Crippen LogP) is -0.229. The first-order chi connectivity index (χ1) is 9.06. The van der Waals surface area contributed by atoms with Gasteiger partial charge in [0.1, 0.15) is 6.04 Å². The standard InChI is InChI=1S/C12H20N2O5.ClH/c1-18-11(16)7-9(12(17)19-2)14-10(15)6-8-4-3-5-13-8;/h8-9,13H,3-7H2,1-2H3,(H,14,15);1H. The van der Waals surface area contributed by atoms with Crippen molar-refractivity contribution in [1.82, 2.24) is 10.6 Å². The number of rotatable bonds is 6. The van der Waals surface area contributed by atoms with Crippen molar-refractivity contribution in [2.24, 2.45) is 0 Å². The number of esters is 2. The molecule has 1 saturated heterocycles. The smallest absolute Gasteiger partial charge is 0.328 e. The van der Waals surface area contributed by atoms with Crippen molar-refractivity contribution in [3.8, 4) is 0 Å². The van der Waals surface area contributed by atoms with Crippen LogP contribution in [-0.4, -0.2) is 50.7 Å². The quantitative estimate of drug-likeness (QED) is 0.658. The van der Waals surface area contributed by atoms with Crippen molar-refractivity contribution in [3.05, 3.63) is 0 Å². The normalized spacial score (nSPS) is 18.6. The van der Waals surface area contributed by atoms with Gasteiger partial charge in [0.25, 0.3) is 0 Å². The SMILES string of the molecule is COC(=O)CC(NC(=O)CC1CCCN1)C(=O)OC.Cl. The van der Waals surface area contributed by atoms with E-state index < -0.39 is 18.0 Å². The number of ether oxygens (including phenoxy) is 2. The Hall–Kier alpha value is -1.34. The van der Waals surface area contributed by atoms with Crippen LogP contribution in [0.2, 0.25) is 0 Å². The molecule has 1 fully saturated rings. The molecule has 0 aromatic rings. The van der Waals surface area contributed by atoms with E-state index in [4.69, 9.17) is 0 Å². The average Bonchev–Trinajstić information content (AvgIpc) is 2.89. The molecular formula is C12H21ClN2O5. The minimum atomic E-state index is -0.994. The number of amides is 1. The zero-order valence-electron chi connectivity index (χ0n) is 11.6. The maximum atomic E-state index is 11.8. The fourth-order valence-corrected chi connectivity index (χ4v) is 1.99. The topological polar surface area (TPSA) is 93.7 Å². The minimum absolute atomic E-state index is 0. The summed E-state index contributed by atoms with van der Waals surface area (Å²) in [5.41, 5.74) is 0. The Balaban J connectivity index is 0.00000361. The molecule has 0 aromatic heterocycles. The third-order valence-corrected chi connectivity index (χ3v) is 3.01. The van der Waals surface area contributed by atoms with Gasteiger partial charge in [-0.25, -0.2) is 4.79 Å². The van der Waals surface area contributed by atoms with Crippen LogP contribution >= 0.6 is 12.4 Å². The maximum absolute atomic E-state index is 11.8. The van der Waals surface area contributed by atoms with E-state index in [2.05, 4.69) is 20.1 Å². The Labute approximate surface area is 124 Å². The predicted molar refractivity (Wildman–Crippen MR) is 73.5 cm³/mol. The highest BCUT2D eigenvalue weighted by molar-refractivity contribution is 5.88. The zero-order valence-corrected chi connectivity index (χ0v) is 12.5. The molecule has 0 radical (unpaired) electrons. The number of methoxy groups -OCH3 is 2. The summed E-state index contributed by atoms with van der Waals surface area (Å²) in [7, 11) is 2.43. The van der Waals surface area contributed by atoms with E-state index in [1.165, 1.54) is 14.2 Å². The van der Waals surface area contributed by atoms with E-state index in [1.54, 1.807) is 0 Å². The maximum Gasteiger partial charge on any atom is 0.328 e. The summed E-state index contributed by atoms with van der Waals surface area (Å²) in [5.74, 6) is -1.51. The van der Waals surface area contributed by atoms with Crippen LogP contribution in [0.15, 0.2) is 0 Å². The highest BCUT2D eigenvalue weighted by atomic mass is 35.5. The summed E-state index contributed by atoms with van der Waals surface area (Å²) in [6.07, 6.45) is 2.04. The summed E-state index contributed by atoms with van der Waals surface area (Å²) in [6.45, 7) is 0.903. The second kappa shape index (κ2) is 9.55. The van der Waals surface area contributed by atoms with Gasteiger partial charge in [-0.05, 0) is 19.4 Å². The van der Waals surface area contributed by atoms with Crippen molar-refractivity contribution in [2.75, 3.05) is 20.8 Å². The van der Waals surface area contributed by atoms with Gasteiger partial charge in [-0.3, -0.25) is 9.59 Å². The molecule has 0 saturated carbocycles. The van der Waals surface area contributed by atoms with E-state index in [0.29, 0.717) is 0 Å². The van der Waals surface area contributed by atoms with Gasteiger partial charge in [-0.2, -0.15) is 0 Å². The molecule has 0 spiro atoms. The van der Waals surface area contributed by atoms with Gasteiger partial charge in [0.05, 0.1) is 20.6 Å². The molecule has 0 bridgehead atoms. The molecular weight excluding hydrogens is 288 g/mol. The number of hydrogen-bond acceptors (Lipinski definition) is 6. The van der Waals surface area contributed by atoms with Crippen LogP contribution in [-0.2, 0) is 23.9 Å². The summed E-state index contributed by atoms with van der Waals surface area (Å²) in [4.78, 5) is 34.4. The summed E-state index contributed by atoms with van der Waals surface area (Å²) in [6, 6.07) is -0.859. The summed E-state index contributed by atoms with van der Waals surface area (Å²) in [5, 5.41) is 5.69.